The molecule has 140 valence electrons. The molecule has 4 aromatic rings. The molecule has 0 saturated carbocycles. The average molecular weight is 365 g/mol. The molecule has 0 atom stereocenters. The highest BCUT2D eigenvalue weighted by molar-refractivity contribution is 5.91. The van der Waals surface area contributed by atoms with E-state index in [9.17, 15) is 0 Å². The van der Waals surface area contributed by atoms with Crippen molar-refractivity contribution in [2.45, 2.75) is 41.5 Å². The first-order valence-electron chi connectivity index (χ1n) is 10.0. The summed E-state index contributed by atoms with van der Waals surface area (Å²) in [6.45, 7) is 13.1. The van der Waals surface area contributed by atoms with E-state index in [1.807, 2.05) is 0 Å². The number of aryl methyl sites for hydroxylation is 6. The van der Waals surface area contributed by atoms with E-state index in [0.717, 1.165) is 0 Å². The minimum absolute atomic E-state index is 1.29. The van der Waals surface area contributed by atoms with E-state index in [0.29, 0.717) is 0 Å². The van der Waals surface area contributed by atoms with Crippen LogP contribution in [-0.2, 0) is 0 Å². The molecule has 28 heavy (non-hydrogen) atoms. The van der Waals surface area contributed by atoms with Crippen LogP contribution in [0.3, 0.4) is 0 Å². The van der Waals surface area contributed by atoms with Crippen LogP contribution in [0.15, 0.2) is 48.5 Å². The molecule has 0 radical (unpaired) electrons. The van der Waals surface area contributed by atoms with Crippen LogP contribution in [0.1, 0.15) is 44.5 Å². The van der Waals surface area contributed by atoms with Crippen LogP contribution in [0.5, 0.6) is 0 Å². The van der Waals surface area contributed by atoms with Crippen molar-refractivity contribution in [1.29, 1.82) is 0 Å². The summed E-state index contributed by atoms with van der Waals surface area (Å²) in [7, 11) is 0. The second kappa shape index (κ2) is 6.95. The molecule has 0 fully saturated rings. The lowest BCUT2D eigenvalue weighted by atomic mass is 9.95. The Kier molecular flexibility index (Phi) is 4.59. The molecule has 0 spiro atoms. The van der Waals surface area contributed by atoms with Crippen molar-refractivity contribution in [2.75, 3.05) is 0 Å². The van der Waals surface area contributed by atoms with Gasteiger partial charge in [0.15, 0.2) is 0 Å². The van der Waals surface area contributed by atoms with Crippen molar-refractivity contribution in [1.82, 2.24) is 0 Å². The molecular formula is C28H28. The van der Waals surface area contributed by atoms with E-state index in [1.165, 1.54) is 66.1 Å². The molecule has 0 bridgehead atoms. The summed E-state index contributed by atoms with van der Waals surface area (Å²) in [5, 5.41) is 5.28. The van der Waals surface area contributed by atoms with Gasteiger partial charge in [0, 0.05) is 0 Å². The van der Waals surface area contributed by atoms with Crippen molar-refractivity contribution in [3.63, 3.8) is 0 Å². The lowest BCUT2D eigenvalue weighted by molar-refractivity contribution is 1.36. The van der Waals surface area contributed by atoms with E-state index < -0.39 is 0 Å². The summed E-state index contributed by atoms with van der Waals surface area (Å²) in [6.07, 6.45) is 4.53. The molecule has 0 nitrogen and oxygen atoms in total. The zero-order valence-corrected chi connectivity index (χ0v) is 17.8. The number of benzene rings is 4. The van der Waals surface area contributed by atoms with E-state index >= 15 is 0 Å². The Labute approximate surface area is 168 Å². The molecule has 4 rings (SSSR count). The summed E-state index contributed by atoms with van der Waals surface area (Å²) >= 11 is 0. The van der Waals surface area contributed by atoms with Crippen LogP contribution in [0, 0.1) is 41.5 Å². The third-order valence-electron chi connectivity index (χ3n) is 6.12. The molecule has 0 saturated heterocycles. The van der Waals surface area contributed by atoms with Gasteiger partial charge in [0.05, 0.1) is 0 Å². The van der Waals surface area contributed by atoms with Gasteiger partial charge < -0.3 is 0 Å². The number of hydrogen-bond donors (Lipinski definition) is 0. The van der Waals surface area contributed by atoms with Gasteiger partial charge in [-0.2, -0.15) is 0 Å². The minimum Gasteiger partial charge on any atom is -0.0541 e. The maximum absolute atomic E-state index is 2.32. The fourth-order valence-corrected chi connectivity index (χ4v) is 3.96. The van der Waals surface area contributed by atoms with Gasteiger partial charge in [-0.05, 0) is 120 Å². The molecule has 0 aliphatic rings. The molecule has 0 aliphatic heterocycles. The Balaban J connectivity index is 1.78. The highest BCUT2D eigenvalue weighted by Gasteiger charge is 2.04. The molecule has 0 heteroatoms. The zero-order chi connectivity index (χ0) is 20.0. The first-order valence-corrected chi connectivity index (χ1v) is 10.0. The van der Waals surface area contributed by atoms with Crippen LogP contribution in [0.25, 0.3) is 33.7 Å². The van der Waals surface area contributed by atoms with Crippen LogP contribution >= 0.6 is 0 Å². The first kappa shape index (κ1) is 18.5. The van der Waals surface area contributed by atoms with Gasteiger partial charge in [-0.3, -0.25) is 0 Å². The Morgan fingerprint density at radius 2 is 0.607 bits per heavy atom. The van der Waals surface area contributed by atoms with Crippen LogP contribution in [0.2, 0.25) is 0 Å². The average Bonchev–Trinajstić information content (AvgIpc) is 2.63. The van der Waals surface area contributed by atoms with Gasteiger partial charge in [-0.1, -0.05) is 48.6 Å². The standard InChI is InChI=1S/C28H28/c1-17-9-25-13-21(5)23(15-27(25)11-19(17)3)7-8-24-16-28-12-20(4)18(2)10-26(28)14-22(24)6/h7-16H,1-6H3/b8-7-. The molecule has 0 aliphatic carbocycles. The van der Waals surface area contributed by atoms with E-state index in [2.05, 4.69) is 102 Å². The SMILES string of the molecule is Cc1cc2cc(C)c(/C=C\c3cc4cc(C)c(C)cc4cc3C)cc2cc1C. The molecular weight excluding hydrogens is 336 g/mol. The summed E-state index contributed by atoms with van der Waals surface area (Å²) in [5.74, 6) is 0. The maximum Gasteiger partial charge on any atom is -0.0175 e. The second-order valence-corrected chi connectivity index (χ2v) is 8.32. The normalized spacial score (nSPS) is 11.8. The fraction of sp³-hybridized carbons (Fsp3) is 0.214. The monoisotopic (exact) mass is 364 g/mol. The summed E-state index contributed by atoms with van der Waals surface area (Å²) in [6, 6.07) is 18.4. The van der Waals surface area contributed by atoms with Gasteiger partial charge in [0.1, 0.15) is 0 Å². The Morgan fingerprint density at radius 1 is 0.357 bits per heavy atom. The van der Waals surface area contributed by atoms with Crippen LogP contribution in [-0.4, -0.2) is 0 Å². The third kappa shape index (κ3) is 3.36. The molecule has 0 heterocycles. The topological polar surface area (TPSA) is 0 Å². The zero-order valence-electron chi connectivity index (χ0n) is 17.8. The van der Waals surface area contributed by atoms with Gasteiger partial charge in [-0.25, -0.2) is 0 Å². The van der Waals surface area contributed by atoms with Crippen LogP contribution in [0.4, 0.5) is 0 Å². The Morgan fingerprint density at radius 3 is 0.929 bits per heavy atom. The molecule has 4 aromatic carbocycles. The predicted octanol–water partition coefficient (Wildman–Crippen LogP) is 8.01. The smallest absolute Gasteiger partial charge is 0.0175 e. The second-order valence-electron chi connectivity index (χ2n) is 8.32. The van der Waals surface area contributed by atoms with Gasteiger partial charge in [0.2, 0.25) is 0 Å². The lowest BCUT2D eigenvalue weighted by Crippen LogP contribution is -1.88. The summed E-state index contributed by atoms with van der Waals surface area (Å²) in [4.78, 5) is 0. The molecule has 0 aromatic heterocycles. The van der Waals surface area contributed by atoms with Crippen LogP contribution < -0.4 is 0 Å². The third-order valence-corrected chi connectivity index (χ3v) is 6.12. The maximum atomic E-state index is 2.32. The van der Waals surface area contributed by atoms with Crippen molar-refractivity contribution in [2.24, 2.45) is 0 Å². The fourth-order valence-electron chi connectivity index (χ4n) is 3.96. The molecule has 0 unspecified atom stereocenters. The van der Waals surface area contributed by atoms with Gasteiger partial charge in [-0.15, -0.1) is 0 Å². The van der Waals surface area contributed by atoms with Gasteiger partial charge in [0.25, 0.3) is 0 Å². The quantitative estimate of drug-likeness (QED) is 0.316. The number of rotatable bonds is 2. The van der Waals surface area contributed by atoms with Crippen molar-refractivity contribution in [3.05, 3.63) is 93.0 Å². The Bertz CT molecular complexity index is 1150. The summed E-state index contributed by atoms with van der Waals surface area (Å²) in [5.41, 5.74) is 10.6. The predicted molar refractivity (Wildman–Crippen MR) is 125 cm³/mol. The van der Waals surface area contributed by atoms with Crippen molar-refractivity contribution in [3.8, 4) is 0 Å². The first-order chi connectivity index (χ1) is 13.3. The van der Waals surface area contributed by atoms with Gasteiger partial charge >= 0.3 is 0 Å². The number of hydrogen-bond acceptors (Lipinski definition) is 0. The molecule has 0 amide bonds. The van der Waals surface area contributed by atoms with Crippen molar-refractivity contribution >= 4 is 33.7 Å². The lowest BCUT2D eigenvalue weighted by Gasteiger charge is -2.09. The highest BCUT2D eigenvalue weighted by Crippen LogP contribution is 2.27. The van der Waals surface area contributed by atoms with Crippen molar-refractivity contribution < 1.29 is 0 Å². The number of fused-ring (bicyclic) bond motifs is 2. The minimum atomic E-state index is 1.29. The Hall–Kier alpha value is -2.86. The highest BCUT2D eigenvalue weighted by atomic mass is 14.1. The summed E-state index contributed by atoms with van der Waals surface area (Å²) < 4.78 is 0. The largest absolute Gasteiger partial charge is 0.0541 e. The van der Waals surface area contributed by atoms with E-state index in [1.54, 1.807) is 0 Å². The molecule has 0 N–H and O–H groups in total. The van der Waals surface area contributed by atoms with E-state index in [-0.39, 0.29) is 0 Å². The van der Waals surface area contributed by atoms with E-state index in [4.69, 9.17) is 0 Å².